The molecule has 0 atom stereocenters. The van der Waals surface area contributed by atoms with E-state index >= 15 is 0 Å². The molecule has 0 aliphatic heterocycles. The van der Waals surface area contributed by atoms with Crippen LogP contribution in [-0.2, 0) is 6.42 Å². The van der Waals surface area contributed by atoms with E-state index in [4.69, 9.17) is 11.6 Å². The van der Waals surface area contributed by atoms with Crippen LogP contribution in [-0.4, -0.2) is 9.97 Å². The van der Waals surface area contributed by atoms with Crippen molar-refractivity contribution in [3.63, 3.8) is 0 Å². The van der Waals surface area contributed by atoms with E-state index in [0.29, 0.717) is 22.7 Å². The van der Waals surface area contributed by atoms with Crippen LogP contribution in [0.25, 0.3) is 0 Å². The molecule has 3 rings (SSSR count). The number of hydrogen-bond acceptors (Lipinski definition) is 3. The second-order valence-corrected chi connectivity index (χ2v) is 5.97. The van der Waals surface area contributed by atoms with E-state index in [-0.39, 0.29) is 17.2 Å². The fourth-order valence-corrected chi connectivity index (χ4v) is 2.52. The lowest BCUT2D eigenvalue weighted by atomic mass is 10.1. The zero-order valence-corrected chi connectivity index (χ0v) is 14.0. The van der Waals surface area contributed by atoms with Crippen molar-refractivity contribution in [2.45, 2.75) is 13.3 Å². The molecular weight excluding hydrogens is 348 g/mol. The van der Waals surface area contributed by atoms with Gasteiger partial charge >= 0.3 is 0 Å². The monoisotopic (exact) mass is 361 g/mol. The van der Waals surface area contributed by atoms with Crippen LogP contribution in [0.15, 0.2) is 47.3 Å². The van der Waals surface area contributed by atoms with Gasteiger partial charge in [-0.1, -0.05) is 23.7 Å². The minimum atomic E-state index is -0.983. The van der Waals surface area contributed by atoms with Gasteiger partial charge < -0.3 is 5.32 Å². The third-order valence-electron chi connectivity index (χ3n) is 3.70. The number of anilines is 2. The Morgan fingerprint density at radius 2 is 1.84 bits per heavy atom. The smallest absolute Gasteiger partial charge is 0.256 e. The van der Waals surface area contributed by atoms with Crippen LogP contribution in [0, 0.1) is 18.6 Å². The third-order valence-corrected chi connectivity index (χ3v) is 3.95. The quantitative estimate of drug-likeness (QED) is 0.726. The van der Waals surface area contributed by atoms with Crippen LogP contribution in [0.5, 0.6) is 0 Å². The summed E-state index contributed by atoms with van der Waals surface area (Å²) >= 11 is 5.86. The maximum atomic E-state index is 13.3. The van der Waals surface area contributed by atoms with Crippen molar-refractivity contribution in [2.24, 2.45) is 0 Å². The summed E-state index contributed by atoms with van der Waals surface area (Å²) in [5.74, 6) is -1.77. The molecular formula is C18H14ClF2N3O. The first kappa shape index (κ1) is 17.1. The first-order valence-corrected chi connectivity index (χ1v) is 7.86. The normalized spacial score (nSPS) is 10.7. The molecule has 2 aromatic carbocycles. The summed E-state index contributed by atoms with van der Waals surface area (Å²) in [5, 5.41) is 3.39. The summed E-state index contributed by atoms with van der Waals surface area (Å²) in [6.07, 6.45) is 0.413. The van der Waals surface area contributed by atoms with Crippen LogP contribution >= 0.6 is 11.6 Å². The van der Waals surface area contributed by atoms with Crippen molar-refractivity contribution < 1.29 is 8.78 Å². The molecule has 0 aliphatic carbocycles. The summed E-state index contributed by atoms with van der Waals surface area (Å²) in [6.45, 7) is 1.72. The highest BCUT2D eigenvalue weighted by Crippen LogP contribution is 2.17. The molecule has 0 saturated heterocycles. The van der Waals surface area contributed by atoms with Gasteiger partial charge in [0.15, 0.2) is 11.6 Å². The Kier molecular flexibility index (Phi) is 4.81. The molecule has 0 aliphatic rings. The van der Waals surface area contributed by atoms with Crippen LogP contribution in [0.3, 0.4) is 0 Å². The number of H-pyrrole nitrogens is 1. The Hall–Kier alpha value is -2.73. The lowest BCUT2D eigenvalue weighted by Crippen LogP contribution is -2.18. The van der Waals surface area contributed by atoms with E-state index in [1.807, 2.05) is 12.1 Å². The molecule has 4 nitrogen and oxygen atoms in total. The van der Waals surface area contributed by atoms with Crippen molar-refractivity contribution in [3.05, 3.63) is 86.3 Å². The van der Waals surface area contributed by atoms with E-state index in [0.717, 1.165) is 17.7 Å². The molecule has 25 heavy (non-hydrogen) atoms. The maximum Gasteiger partial charge on any atom is 0.256 e. The van der Waals surface area contributed by atoms with Crippen molar-refractivity contribution in [3.8, 4) is 0 Å². The third kappa shape index (κ3) is 4.03. The molecule has 0 amide bonds. The van der Waals surface area contributed by atoms with Crippen molar-refractivity contribution in [1.29, 1.82) is 0 Å². The summed E-state index contributed by atoms with van der Waals surface area (Å²) < 4.78 is 26.2. The van der Waals surface area contributed by atoms with E-state index < -0.39 is 11.6 Å². The molecule has 0 spiro atoms. The summed E-state index contributed by atoms with van der Waals surface area (Å²) in [7, 11) is 0. The lowest BCUT2D eigenvalue weighted by molar-refractivity contribution is 0.509. The number of nitrogens with zero attached hydrogens (tertiary/aromatic N) is 1. The molecule has 7 heteroatoms. The lowest BCUT2D eigenvalue weighted by Gasteiger charge is -2.09. The fourth-order valence-electron chi connectivity index (χ4n) is 2.39. The fraction of sp³-hybridized carbons (Fsp3) is 0.111. The number of rotatable bonds is 4. The number of aromatic amines is 1. The molecule has 1 heterocycles. The standard InChI is InChI=1S/C18H14ClF2N3O/c1-10-14(8-11-2-4-12(19)5-3-11)17(25)24-18(22-10)23-13-6-7-15(20)16(21)9-13/h2-7,9H,8H2,1H3,(H2,22,23,24,25). The van der Waals surface area contributed by atoms with Crippen molar-refractivity contribution in [2.75, 3.05) is 5.32 Å². The highest BCUT2D eigenvalue weighted by molar-refractivity contribution is 6.30. The van der Waals surface area contributed by atoms with Crippen molar-refractivity contribution in [1.82, 2.24) is 9.97 Å². The van der Waals surface area contributed by atoms with E-state index in [1.54, 1.807) is 19.1 Å². The van der Waals surface area contributed by atoms with Gasteiger partial charge in [-0.2, -0.15) is 0 Å². The van der Waals surface area contributed by atoms with Gasteiger partial charge in [0, 0.05) is 28.8 Å². The Bertz CT molecular complexity index is 971. The van der Waals surface area contributed by atoms with Crippen LogP contribution in [0.2, 0.25) is 5.02 Å². The van der Waals surface area contributed by atoms with Gasteiger partial charge in [0.05, 0.1) is 5.69 Å². The number of hydrogen-bond donors (Lipinski definition) is 2. The second kappa shape index (κ2) is 7.03. The Morgan fingerprint density at radius 3 is 2.48 bits per heavy atom. The maximum absolute atomic E-state index is 13.3. The van der Waals surface area contributed by atoms with Crippen LogP contribution in [0.4, 0.5) is 20.4 Å². The van der Waals surface area contributed by atoms with Gasteiger partial charge in [-0.15, -0.1) is 0 Å². The average Bonchev–Trinajstić information content (AvgIpc) is 2.56. The first-order chi connectivity index (χ1) is 11.9. The number of aryl methyl sites for hydroxylation is 1. The van der Waals surface area contributed by atoms with Gasteiger partial charge in [-0.05, 0) is 36.8 Å². The number of aromatic nitrogens is 2. The molecule has 0 radical (unpaired) electrons. The Balaban J connectivity index is 1.85. The summed E-state index contributed by atoms with van der Waals surface area (Å²) in [6, 6.07) is 10.5. The Labute approximate surface area is 147 Å². The topological polar surface area (TPSA) is 57.8 Å². The molecule has 3 aromatic rings. The van der Waals surface area contributed by atoms with Gasteiger partial charge in [-0.3, -0.25) is 9.78 Å². The zero-order valence-electron chi connectivity index (χ0n) is 13.2. The van der Waals surface area contributed by atoms with Crippen molar-refractivity contribution >= 4 is 23.2 Å². The SMILES string of the molecule is Cc1nc(Nc2ccc(F)c(F)c2)[nH]c(=O)c1Cc1ccc(Cl)cc1. The predicted octanol–water partition coefficient (Wildman–Crippen LogP) is 4.34. The zero-order chi connectivity index (χ0) is 18.0. The van der Waals surface area contributed by atoms with Crippen LogP contribution in [0.1, 0.15) is 16.8 Å². The molecule has 128 valence electrons. The van der Waals surface area contributed by atoms with E-state index in [1.165, 1.54) is 6.07 Å². The van der Waals surface area contributed by atoms with Gasteiger partial charge in [0.25, 0.3) is 5.56 Å². The van der Waals surface area contributed by atoms with Gasteiger partial charge in [0.1, 0.15) is 0 Å². The highest BCUT2D eigenvalue weighted by atomic mass is 35.5. The largest absolute Gasteiger partial charge is 0.326 e. The minimum absolute atomic E-state index is 0.161. The predicted molar refractivity (Wildman–Crippen MR) is 93.5 cm³/mol. The van der Waals surface area contributed by atoms with Gasteiger partial charge in [-0.25, -0.2) is 13.8 Å². The Morgan fingerprint density at radius 1 is 1.12 bits per heavy atom. The minimum Gasteiger partial charge on any atom is -0.326 e. The average molecular weight is 362 g/mol. The number of benzene rings is 2. The number of nitrogens with one attached hydrogen (secondary N) is 2. The molecule has 0 saturated carbocycles. The molecule has 0 unspecified atom stereocenters. The van der Waals surface area contributed by atoms with E-state index in [2.05, 4.69) is 15.3 Å². The second-order valence-electron chi connectivity index (χ2n) is 5.54. The molecule has 1 aromatic heterocycles. The van der Waals surface area contributed by atoms with Gasteiger partial charge in [0.2, 0.25) is 5.95 Å². The highest BCUT2D eigenvalue weighted by Gasteiger charge is 2.10. The summed E-state index contributed by atoms with van der Waals surface area (Å²) in [5.41, 5.74) is 1.99. The molecule has 0 fully saturated rings. The first-order valence-electron chi connectivity index (χ1n) is 7.48. The number of halogens is 3. The van der Waals surface area contributed by atoms with E-state index in [9.17, 15) is 13.6 Å². The molecule has 0 bridgehead atoms. The molecule has 2 N–H and O–H groups in total. The van der Waals surface area contributed by atoms with Crippen LogP contribution < -0.4 is 10.9 Å². The summed E-state index contributed by atoms with van der Waals surface area (Å²) in [4.78, 5) is 19.2.